The zero-order valence-corrected chi connectivity index (χ0v) is 11.8. The molecular weight excluding hydrogens is 292 g/mol. The van der Waals surface area contributed by atoms with Gasteiger partial charge in [0.05, 0.1) is 0 Å². The van der Waals surface area contributed by atoms with Crippen LogP contribution in [0.5, 0.6) is 5.75 Å². The molecule has 0 radical (unpaired) electrons. The number of nitrogens with one attached hydrogen (secondary N) is 1. The van der Waals surface area contributed by atoms with Crippen molar-refractivity contribution < 1.29 is 4.74 Å². The Labute approximate surface area is 115 Å². The first-order valence-electron chi connectivity index (χ1n) is 5.85. The van der Waals surface area contributed by atoms with Crippen LogP contribution in [0, 0.1) is 0 Å². The fourth-order valence-corrected chi connectivity index (χ4v) is 2.02. The lowest BCUT2D eigenvalue weighted by Crippen LogP contribution is -2.00. The maximum atomic E-state index is 5.73. The average Bonchev–Trinajstić information content (AvgIpc) is 2.37. The fourth-order valence-electron chi connectivity index (χ4n) is 1.57. The Morgan fingerprint density at radius 1 is 1.28 bits per heavy atom. The standard InChI is InChI=1S/C14H15BrN2O/c1-2-16-14-9-13(6-7-17-14)18-10-11-4-3-5-12(15)8-11/h3-9H,2,10H2,1H3,(H,16,17). The van der Waals surface area contributed by atoms with Gasteiger partial charge in [-0.15, -0.1) is 0 Å². The summed E-state index contributed by atoms with van der Waals surface area (Å²) in [5, 5.41) is 3.16. The minimum Gasteiger partial charge on any atom is -0.489 e. The highest BCUT2D eigenvalue weighted by Gasteiger charge is 1.99. The minimum absolute atomic E-state index is 0.551. The molecule has 0 saturated heterocycles. The third kappa shape index (κ3) is 3.74. The first kappa shape index (κ1) is 12.9. The van der Waals surface area contributed by atoms with Gasteiger partial charge in [-0.3, -0.25) is 0 Å². The largest absolute Gasteiger partial charge is 0.489 e. The van der Waals surface area contributed by atoms with Crippen LogP contribution in [0.1, 0.15) is 12.5 Å². The number of pyridine rings is 1. The molecule has 0 aliphatic heterocycles. The number of hydrogen-bond donors (Lipinski definition) is 1. The van der Waals surface area contributed by atoms with Gasteiger partial charge in [0, 0.05) is 23.3 Å². The Bertz CT molecular complexity index is 517. The van der Waals surface area contributed by atoms with Crippen molar-refractivity contribution >= 4 is 21.7 Å². The van der Waals surface area contributed by atoms with E-state index < -0.39 is 0 Å². The Kier molecular flexibility index (Phi) is 4.59. The van der Waals surface area contributed by atoms with E-state index >= 15 is 0 Å². The summed E-state index contributed by atoms with van der Waals surface area (Å²) in [4.78, 5) is 4.20. The van der Waals surface area contributed by atoms with E-state index in [-0.39, 0.29) is 0 Å². The maximum absolute atomic E-state index is 5.73. The molecule has 0 fully saturated rings. The smallest absolute Gasteiger partial charge is 0.129 e. The number of aromatic nitrogens is 1. The topological polar surface area (TPSA) is 34.1 Å². The van der Waals surface area contributed by atoms with Gasteiger partial charge in [0.25, 0.3) is 0 Å². The van der Waals surface area contributed by atoms with Crippen molar-refractivity contribution in [3.05, 3.63) is 52.6 Å². The van der Waals surface area contributed by atoms with E-state index in [1.807, 2.05) is 43.3 Å². The van der Waals surface area contributed by atoms with E-state index in [0.29, 0.717) is 6.61 Å². The highest BCUT2D eigenvalue weighted by molar-refractivity contribution is 9.10. The molecule has 1 N–H and O–H groups in total. The summed E-state index contributed by atoms with van der Waals surface area (Å²) in [5.41, 5.74) is 1.13. The lowest BCUT2D eigenvalue weighted by Gasteiger charge is -2.08. The van der Waals surface area contributed by atoms with Crippen LogP contribution in [-0.2, 0) is 6.61 Å². The van der Waals surface area contributed by atoms with Crippen LogP contribution in [0.15, 0.2) is 47.1 Å². The van der Waals surface area contributed by atoms with E-state index in [9.17, 15) is 0 Å². The van der Waals surface area contributed by atoms with Gasteiger partial charge in [-0.05, 0) is 30.7 Å². The normalized spacial score (nSPS) is 10.1. The van der Waals surface area contributed by atoms with Crippen molar-refractivity contribution in [1.82, 2.24) is 4.98 Å². The zero-order valence-electron chi connectivity index (χ0n) is 10.2. The monoisotopic (exact) mass is 306 g/mol. The van der Waals surface area contributed by atoms with Gasteiger partial charge in [0.1, 0.15) is 18.2 Å². The molecule has 94 valence electrons. The first-order valence-corrected chi connectivity index (χ1v) is 6.64. The van der Waals surface area contributed by atoms with Crippen LogP contribution in [0.25, 0.3) is 0 Å². The fraction of sp³-hybridized carbons (Fsp3) is 0.214. The number of anilines is 1. The highest BCUT2D eigenvalue weighted by Crippen LogP contribution is 2.17. The molecule has 1 heterocycles. The second-order valence-electron chi connectivity index (χ2n) is 3.83. The summed E-state index contributed by atoms with van der Waals surface area (Å²) in [6, 6.07) is 11.8. The quantitative estimate of drug-likeness (QED) is 0.911. The van der Waals surface area contributed by atoms with Crippen molar-refractivity contribution in [3.8, 4) is 5.75 Å². The molecule has 3 nitrogen and oxygen atoms in total. The molecule has 0 aliphatic carbocycles. The van der Waals surface area contributed by atoms with Crippen molar-refractivity contribution in [2.24, 2.45) is 0 Å². The lowest BCUT2D eigenvalue weighted by molar-refractivity contribution is 0.306. The summed E-state index contributed by atoms with van der Waals surface area (Å²) in [6.07, 6.45) is 1.74. The Morgan fingerprint density at radius 2 is 2.17 bits per heavy atom. The molecule has 1 aromatic carbocycles. The molecule has 0 atom stereocenters. The molecule has 0 spiro atoms. The van der Waals surface area contributed by atoms with Crippen LogP contribution in [0.3, 0.4) is 0 Å². The Hall–Kier alpha value is -1.55. The summed E-state index contributed by atoms with van der Waals surface area (Å²) in [7, 11) is 0. The van der Waals surface area contributed by atoms with Gasteiger partial charge in [0.2, 0.25) is 0 Å². The average molecular weight is 307 g/mol. The molecule has 18 heavy (non-hydrogen) atoms. The van der Waals surface area contributed by atoms with Gasteiger partial charge in [0.15, 0.2) is 0 Å². The first-order chi connectivity index (χ1) is 8.78. The molecule has 0 bridgehead atoms. The van der Waals surface area contributed by atoms with Crippen LogP contribution < -0.4 is 10.1 Å². The van der Waals surface area contributed by atoms with Gasteiger partial charge < -0.3 is 10.1 Å². The number of benzene rings is 1. The van der Waals surface area contributed by atoms with Gasteiger partial charge >= 0.3 is 0 Å². The minimum atomic E-state index is 0.551. The molecular formula is C14H15BrN2O. The van der Waals surface area contributed by atoms with E-state index in [1.165, 1.54) is 0 Å². The van der Waals surface area contributed by atoms with Gasteiger partial charge in [-0.25, -0.2) is 4.98 Å². The van der Waals surface area contributed by atoms with Gasteiger partial charge in [-0.2, -0.15) is 0 Å². The number of hydrogen-bond acceptors (Lipinski definition) is 3. The van der Waals surface area contributed by atoms with Gasteiger partial charge in [-0.1, -0.05) is 28.1 Å². The number of halogens is 1. The number of nitrogens with zero attached hydrogens (tertiary/aromatic N) is 1. The zero-order chi connectivity index (χ0) is 12.8. The molecule has 1 aromatic heterocycles. The van der Waals surface area contributed by atoms with E-state index in [1.54, 1.807) is 6.20 Å². The van der Waals surface area contributed by atoms with Crippen molar-refractivity contribution in [3.63, 3.8) is 0 Å². The molecule has 2 aromatic rings. The predicted molar refractivity (Wildman–Crippen MR) is 76.9 cm³/mol. The van der Waals surface area contributed by atoms with Crippen LogP contribution in [-0.4, -0.2) is 11.5 Å². The number of rotatable bonds is 5. The van der Waals surface area contributed by atoms with Crippen molar-refractivity contribution in [1.29, 1.82) is 0 Å². The number of ether oxygens (including phenoxy) is 1. The molecule has 0 saturated carbocycles. The SMILES string of the molecule is CCNc1cc(OCc2cccc(Br)c2)ccn1. The molecule has 4 heteroatoms. The van der Waals surface area contributed by atoms with Crippen LogP contribution in [0.2, 0.25) is 0 Å². The summed E-state index contributed by atoms with van der Waals surface area (Å²) in [5.74, 6) is 1.66. The Balaban J connectivity index is 1.99. The second kappa shape index (κ2) is 6.40. The van der Waals surface area contributed by atoms with Crippen molar-refractivity contribution in [2.45, 2.75) is 13.5 Å². The van der Waals surface area contributed by atoms with Crippen LogP contribution in [0.4, 0.5) is 5.82 Å². The predicted octanol–water partition coefficient (Wildman–Crippen LogP) is 3.85. The van der Waals surface area contributed by atoms with E-state index in [4.69, 9.17) is 4.74 Å². The third-order valence-electron chi connectivity index (χ3n) is 2.38. The summed E-state index contributed by atoms with van der Waals surface area (Å²) >= 11 is 3.44. The highest BCUT2D eigenvalue weighted by atomic mass is 79.9. The summed E-state index contributed by atoms with van der Waals surface area (Å²) in [6.45, 7) is 3.44. The Morgan fingerprint density at radius 3 is 2.94 bits per heavy atom. The molecule has 0 aliphatic rings. The molecule has 2 rings (SSSR count). The third-order valence-corrected chi connectivity index (χ3v) is 2.88. The second-order valence-corrected chi connectivity index (χ2v) is 4.74. The van der Waals surface area contributed by atoms with Crippen LogP contribution >= 0.6 is 15.9 Å². The van der Waals surface area contributed by atoms with E-state index in [2.05, 4.69) is 26.2 Å². The van der Waals surface area contributed by atoms with Crippen molar-refractivity contribution in [2.75, 3.05) is 11.9 Å². The summed E-state index contributed by atoms with van der Waals surface area (Å²) < 4.78 is 6.79. The molecule has 0 amide bonds. The lowest BCUT2D eigenvalue weighted by atomic mass is 10.2. The maximum Gasteiger partial charge on any atom is 0.129 e. The molecule has 0 unspecified atom stereocenters. The van der Waals surface area contributed by atoms with E-state index in [0.717, 1.165) is 28.1 Å².